The predicted octanol–water partition coefficient (Wildman–Crippen LogP) is 1.74. The third-order valence-electron chi connectivity index (χ3n) is 3.48. The summed E-state index contributed by atoms with van der Waals surface area (Å²) in [7, 11) is -3.88. The van der Waals surface area contributed by atoms with Gasteiger partial charge in [0, 0.05) is 18.6 Å². The van der Waals surface area contributed by atoms with Crippen molar-refractivity contribution < 1.29 is 23.1 Å². The van der Waals surface area contributed by atoms with E-state index in [1.165, 1.54) is 12.1 Å². The highest BCUT2D eigenvalue weighted by Crippen LogP contribution is 2.24. The van der Waals surface area contributed by atoms with Crippen LogP contribution in [0, 0.1) is 5.92 Å². The number of rotatable bonds is 5. The van der Waals surface area contributed by atoms with Gasteiger partial charge in [0.1, 0.15) is 4.90 Å². The number of carbonyl (C=O) groups is 1. The molecular formula is C13H16ClNO5S. The van der Waals surface area contributed by atoms with Gasteiger partial charge in [-0.05, 0) is 31.5 Å². The molecule has 21 heavy (non-hydrogen) atoms. The first-order chi connectivity index (χ1) is 9.81. The molecule has 0 aromatic heterocycles. The highest BCUT2D eigenvalue weighted by Gasteiger charge is 2.28. The lowest BCUT2D eigenvalue weighted by Crippen LogP contribution is -2.38. The molecule has 0 amide bonds. The van der Waals surface area contributed by atoms with E-state index in [1.807, 2.05) is 0 Å². The number of sulfonamides is 1. The van der Waals surface area contributed by atoms with Gasteiger partial charge >= 0.3 is 5.97 Å². The molecule has 2 N–H and O–H groups in total. The molecule has 2 rings (SSSR count). The minimum atomic E-state index is -3.88. The van der Waals surface area contributed by atoms with Crippen LogP contribution in [0.25, 0.3) is 0 Å². The van der Waals surface area contributed by atoms with Gasteiger partial charge in [-0.3, -0.25) is 0 Å². The first-order valence-electron chi connectivity index (χ1n) is 6.44. The second-order valence-corrected chi connectivity index (χ2v) is 7.07. The molecule has 8 heteroatoms. The van der Waals surface area contributed by atoms with Crippen LogP contribution in [0.4, 0.5) is 0 Å². The van der Waals surface area contributed by atoms with Crippen LogP contribution in [0.3, 0.4) is 0 Å². The number of ether oxygens (including phenoxy) is 1. The fourth-order valence-electron chi connectivity index (χ4n) is 2.19. The predicted molar refractivity (Wildman–Crippen MR) is 77.1 cm³/mol. The maximum absolute atomic E-state index is 12.4. The highest BCUT2D eigenvalue weighted by atomic mass is 35.5. The molecular weight excluding hydrogens is 318 g/mol. The Hall–Kier alpha value is -1.15. The molecule has 1 saturated heterocycles. The molecule has 1 aliphatic rings. The van der Waals surface area contributed by atoms with E-state index < -0.39 is 16.0 Å². The Bertz CT molecular complexity index is 640. The summed E-state index contributed by atoms with van der Waals surface area (Å²) in [4.78, 5) is 10.7. The van der Waals surface area contributed by atoms with Gasteiger partial charge in [-0.2, -0.15) is 0 Å². The Kier molecular flexibility index (Phi) is 4.88. The largest absolute Gasteiger partial charge is 0.478 e. The van der Waals surface area contributed by atoms with Crippen molar-refractivity contribution in [1.82, 2.24) is 4.72 Å². The second kappa shape index (κ2) is 6.31. The molecule has 0 radical (unpaired) electrons. The smallest absolute Gasteiger partial charge is 0.335 e. The van der Waals surface area contributed by atoms with Crippen LogP contribution in [-0.2, 0) is 14.8 Å². The molecule has 2 unspecified atom stereocenters. The number of carboxylic acids is 1. The van der Waals surface area contributed by atoms with E-state index in [0.717, 1.165) is 12.5 Å². The number of hydrogen-bond donors (Lipinski definition) is 2. The van der Waals surface area contributed by atoms with Crippen molar-refractivity contribution in [1.29, 1.82) is 0 Å². The lowest BCUT2D eigenvalue weighted by molar-refractivity contribution is 0.0696. The highest BCUT2D eigenvalue weighted by molar-refractivity contribution is 7.89. The van der Waals surface area contributed by atoms with Gasteiger partial charge in [-0.15, -0.1) is 0 Å². The lowest BCUT2D eigenvalue weighted by Gasteiger charge is -2.19. The van der Waals surface area contributed by atoms with Crippen molar-refractivity contribution in [2.45, 2.75) is 24.3 Å². The quantitative estimate of drug-likeness (QED) is 0.856. The molecule has 1 aromatic rings. The molecule has 0 bridgehead atoms. The summed E-state index contributed by atoms with van der Waals surface area (Å²) >= 11 is 5.89. The van der Waals surface area contributed by atoms with Crippen LogP contribution in [0.1, 0.15) is 23.7 Å². The van der Waals surface area contributed by atoms with Crippen molar-refractivity contribution in [3.05, 3.63) is 28.8 Å². The summed E-state index contributed by atoms with van der Waals surface area (Å²) in [5.74, 6) is -1.11. The van der Waals surface area contributed by atoms with E-state index >= 15 is 0 Å². The summed E-state index contributed by atoms with van der Waals surface area (Å²) in [6, 6.07) is 3.27. The molecule has 0 spiro atoms. The first kappa shape index (κ1) is 16.2. The number of halogens is 1. The minimum absolute atomic E-state index is 0.0117. The zero-order chi connectivity index (χ0) is 15.6. The molecule has 1 fully saturated rings. The maximum atomic E-state index is 12.4. The molecule has 1 aromatic carbocycles. The van der Waals surface area contributed by atoms with E-state index in [0.29, 0.717) is 13.2 Å². The van der Waals surface area contributed by atoms with Gasteiger partial charge in [0.25, 0.3) is 0 Å². The van der Waals surface area contributed by atoms with Crippen LogP contribution in [-0.4, -0.2) is 38.7 Å². The van der Waals surface area contributed by atoms with Gasteiger partial charge in [0.05, 0.1) is 17.2 Å². The molecule has 1 aliphatic heterocycles. The number of hydrogen-bond acceptors (Lipinski definition) is 4. The first-order valence-corrected chi connectivity index (χ1v) is 8.30. The Morgan fingerprint density at radius 1 is 1.52 bits per heavy atom. The summed E-state index contributed by atoms with van der Waals surface area (Å²) < 4.78 is 32.5. The van der Waals surface area contributed by atoms with Crippen LogP contribution in [0.5, 0.6) is 0 Å². The lowest BCUT2D eigenvalue weighted by atomic mass is 10.0. The third-order valence-corrected chi connectivity index (χ3v) is 5.52. The number of aromatic carboxylic acids is 1. The van der Waals surface area contributed by atoms with Gasteiger partial charge < -0.3 is 9.84 Å². The van der Waals surface area contributed by atoms with Crippen LogP contribution in [0.15, 0.2) is 23.1 Å². The van der Waals surface area contributed by atoms with Crippen LogP contribution >= 0.6 is 11.6 Å². The SMILES string of the molecule is CC(NS(=O)(=O)c1cc(C(=O)O)ccc1Cl)C1CCOC1. The van der Waals surface area contributed by atoms with Crippen molar-refractivity contribution >= 4 is 27.6 Å². The fraction of sp³-hybridized carbons (Fsp3) is 0.462. The van der Waals surface area contributed by atoms with Crippen molar-refractivity contribution in [3.8, 4) is 0 Å². The summed E-state index contributed by atoms with van der Waals surface area (Å²) in [5, 5.41) is 8.93. The molecule has 2 atom stereocenters. The average molecular weight is 334 g/mol. The number of carboxylic acid groups (broad SMARTS) is 1. The summed E-state index contributed by atoms with van der Waals surface area (Å²) in [6.45, 7) is 2.88. The number of benzene rings is 1. The Morgan fingerprint density at radius 2 is 2.24 bits per heavy atom. The molecule has 1 heterocycles. The van der Waals surface area contributed by atoms with E-state index in [-0.39, 0.29) is 27.4 Å². The van der Waals surface area contributed by atoms with E-state index in [1.54, 1.807) is 6.92 Å². The average Bonchev–Trinajstić information content (AvgIpc) is 2.92. The van der Waals surface area contributed by atoms with Gasteiger partial charge in [0.15, 0.2) is 0 Å². The van der Waals surface area contributed by atoms with Crippen molar-refractivity contribution in [3.63, 3.8) is 0 Å². The molecule has 0 saturated carbocycles. The standard InChI is InChI=1S/C13H16ClNO5S/c1-8(10-4-5-20-7-10)15-21(18,19)12-6-9(13(16)17)2-3-11(12)14/h2-3,6,8,10,15H,4-5,7H2,1H3,(H,16,17). The minimum Gasteiger partial charge on any atom is -0.478 e. The number of nitrogens with one attached hydrogen (secondary N) is 1. The Balaban J connectivity index is 2.26. The van der Waals surface area contributed by atoms with E-state index in [4.69, 9.17) is 21.4 Å². The maximum Gasteiger partial charge on any atom is 0.335 e. The van der Waals surface area contributed by atoms with Crippen molar-refractivity contribution in [2.75, 3.05) is 13.2 Å². The molecule has 6 nitrogen and oxygen atoms in total. The topological polar surface area (TPSA) is 92.7 Å². The van der Waals surface area contributed by atoms with Gasteiger partial charge in [0.2, 0.25) is 10.0 Å². The summed E-state index contributed by atoms with van der Waals surface area (Å²) in [5.41, 5.74) is -0.128. The monoisotopic (exact) mass is 333 g/mol. The fourth-order valence-corrected chi connectivity index (χ4v) is 4.03. The second-order valence-electron chi connectivity index (χ2n) is 4.98. The Morgan fingerprint density at radius 3 is 2.81 bits per heavy atom. The van der Waals surface area contributed by atoms with Crippen LogP contribution < -0.4 is 4.72 Å². The summed E-state index contributed by atoms with van der Waals surface area (Å²) in [6.07, 6.45) is 0.784. The zero-order valence-electron chi connectivity index (χ0n) is 11.4. The van der Waals surface area contributed by atoms with Crippen LogP contribution in [0.2, 0.25) is 5.02 Å². The van der Waals surface area contributed by atoms with E-state index in [9.17, 15) is 13.2 Å². The van der Waals surface area contributed by atoms with E-state index in [2.05, 4.69) is 4.72 Å². The zero-order valence-corrected chi connectivity index (χ0v) is 12.9. The third kappa shape index (κ3) is 3.74. The van der Waals surface area contributed by atoms with Crippen molar-refractivity contribution in [2.24, 2.45) is 5.92 Å². The molecule has 0 aliphatic carbocycles. The molecule has 116 valence electrons. The van der Waals surface area contributed by atoms with Gasteiger partial charge in [-0.25, -0.2) is 17.9 Å². The van der Waals surface area contributed by atoms with Gasteiger partial charge in [-0.1, -0.05) is 11.6 Å². The normalized spacial score (nSPS) is 20.4. The Labute approximate surface area is 128 Å².